The van der Waals surface area contributed by atoms with Crippen molar-refractivity contribution < 1.29 is 14.3 Å². The number of rotatable bonds is 5. The van der Waals surface area contributed by atoms with Gasteiger partial charge in [-0.25, -0.2) is 0 Å². The van der Waals surface area contributed by atoms with Crippen molar-refractivity contribution in [3.8, 4) is 5.75 Å². The minimum absolute atomic E-state index is 0.162. The molecule has 2 fully saturated rings. The molecule has 1 aromatic rings. The van der Waals surface area contributed by atoms with Gasteiger partial charge in [-0.2, -0.15) is 0 Å². The molecule has 4 rings (SSSR count). The van der Waals surface area contributed by atoms with Crippen molar-refractivity contribution in [2.24, 2.45) is 23.2 Å². The van der Waals surface area contributed by atoms with E-state index in [1.807, 2.05) is 6.92 Å². The van der Waals surface area contributed by atoms with Gasteiger partial charge in [0, 0.05) is 24.7 Å². The molecule has 0 amide bonds. The maximum absolute atomic E-state index is 13.0. The van der Waals surface area contributed by atoms with Gasteiger partial charge in [-0.15, -0.1) is 0 Å². The molecule has 0 N–H and O–H groups in total. The monoisotopic (exact) mass is 368 g/mol. The molecule has 0 bridgehead atoms. The zero-order chi connectivity index (χ0) is 19.2. The molecule has 1 aromatic carbocycles. The molecule has 1 unspecified atom stereocenters. The predicted octanol–water partition coefficient (Wildman–Crippen LogP) is 5.11. The fourth-order valence-corrected chi connectivity index (χ4v) is 6.53. The second kappa shape index (κ2) is 7.07. The van der Waals surface area contributed by atoms with Crippen molar-refractivity contribution in [1.29, 1.82) is 0 Å². The van der Waals surface area contributed by atoms with Gasteiger partial charge in [0.05, 0.1) is 7.11 Å². The van der Waals surface area contributed by atoms with E-state index >= 15 is 0 Å². The standard InChI is InChI=1S/C24H32O3/c1-4-17(25)7-5-16-14-22(26)24(2)12-11-20-19-10-8-18(27-3)13-15(19)6-9-21(20)23(16)24/h8,10,13,16,20-21,23H,4-7,9,11-12,14H2,1-3H3/t16?,20-,21-,23+,24-/m1/s1. The van der Waals surface area contributed by atoms with Gasteiger partial charge in [-0.1, -0.05) is 19.9 Å². The van der Waals surface area contributed by atoms with Crippen molar-refractivity contribution in [3.63, 3.8) is 0 Å². The summed E-state index contributed by atoms with van der Waals surface area (Å²) in [6.07, 6.45) is 7.21. The van der Waals surface area contributed by atoms with Gasteiger partial charge >= 0.3 is 0 Å². The molecule has 0 saturated heterocycles. The van der Waals surface area contributed by atoms with Crippen LogP contribution in [0.3, 0.4) is 0 Å². The van der Waals surface area contributed by atoms with E-state index in [9.17, 15) is 9.59 Å². The Hall–Kier alpha value is -1.64. The molecule has 27 heavy (non-hydrogen) atoms. The van der Waals surface area contributed by atoms with E-state index in [4.69, 9.17) is 4.74 Å². The molecule has 3 aliphatic rings. The van der Waals surface area contributed by atoms with Crippen molar-refractivity contribution in [3.05, 3.63) is 29.3 Å². The van der Waals surface area contributed by atoms with Crippen molar-refractivity contribution in [1.82, 2.24) is 0 Å². The Labute approximate surface area is 162 Å². The molecule has 0 radical (unpaired) electrons. The summed E-state index contributed by atoms with van der Waals surface area (Å²) in [7, 11) is 1.73. The Kier molecular flexibility index (Phi) is 4.90. The number of carbonyl (C=O) groups is 2. The summed E-state index contributed by atoms with van der Waals surface area (Å²) in [6.45, 7) is 4.16. The van der Waals surface area contributed by atoms with Gasteiger partial charge in [0.15, 0.2) is 0 Å². The van der Waals surface area contributed by atoms with Crippen LogP contribution >= 0.6 is 0 Å². The highest BCUT2D eigenvalue weighted by Crippen LogP contribution is 2.62. The smallest absolute Gasteiger partial charge is 0.139 e. The van der Waals surface area contributed by atoms with E-state index in [2.05, 4.69) is 25.1 Å². The first-order valence-electron chi connectivity index (χ1n) is 10.7. The molecule has 0 spiro atoms. The third kappa shape index (κ3) is 3.03. The van der Waals surface area contributed by atoms with Gasteiger partial charge in [0.2, 0.25) is 0 Å². The van der Waals surface area contributed by atoms with E-state index in [-0.39, 0.29) is 5.41 Å². The molecule has 0 aliphatic heterocycles. The van der Waals surface area contributed by atoms with E-state index in [0.29, 0.717) is 54.5 Å². The van der Waals surface area contributed by atoms with Crippen LogP contribution in [0.5, 0.6) is 5.75 Å². The Morgan fingerprint density at radius 3 is 2.85 bits per heavy atom. The molecular weight excluding hydrogens is 336 g/mol. The van der Waals surface area contributed by atoms with Crippen molar-refractivity contribution in [2.75, 3.05) is 7.11 Å². The topological polar surface area (TPSA) is 43.4 Å². The second-order valence-corrected chi connectivity index (χ2v) is 9.17. The molecular formula is C24H32O3. The Bertz CT molecular complexity index is 752. The average Bonchev–Trinajstić information content (AvgIpc) is 2.95. The number of hydrogen-bond acceptors (Lipinski definition) is 3. The lowest BCUT2D eigenvalue weighted by Gasteiger charge is -2.50. The van der Waals surface area contributed by atoms with Crippen LogP contribution in [0.25, 0.3) is 0 Å². The van der Waals surface area contributed by atoms with Crippen LogP contribution < -0.4 is 4.74 Å². The fourth-order valence-electron chi connectivity index (χ4n) is 6.53. The Morgan fingerprint density at radius 1 is 1.30 bits per heavy atom. The van der Waals surface area contributed by atoms with E-state index in [1.54, 1.807) is 7.11 Å². The Balaban J connectivity index is 1.62. The van der Waals surface area contributed by atoms with Crippen LogP contribution in [0.2, 0.25) is 0 Å². The number of ether oxygens (including phenoxy) is 1. The third-order valence-electron chi connectivity index (χ3n) is 7.97. The zero-order valence-electron chi connectivity index (χ0n) is 16.9. The molecule has 3 heteroatoms. The van der Waals surface area contributed by atoms with Crippen LogP contribution in [0, 0.1) is 23.2 Å². The number of carbonyl (C=O) groups excluding carboxylic acids is 2. The highest BCUT2D eigenvalue weighted by atomic mass is 16.5. The predicted molar refractivity (Wildman–Crippen MR) is 106 cm³/mol. The maximum Gasteiger partial charge on any atom is 0.139 e. The average molecular weight is 369 g/mol. The first kappa shape index (κ1) is 18.7. The third-order valence-corrected chi connectivity index (χ3v) is 7.97. The first-order valence-corrected chi connectivity index (χ1v) is 10.7. The van der Waals surface area contributed by atoms with E-state index in [1.165, 1.54) is 11.1 Å². The summed E-state index contributed by atoms with van der Waals surface area (Å²) >= 11 is 0. The molecule has 0 heterocycles. The lowest BCUT2D eigenvalue weighted by molar-refractivity contribution is -0.129. The summed E-state index contributed by atoms with van der Waals surface area (Å²) in [5, 5.41) is 0. The normalized spacial score (nSPS) is 34.6. The van der Waals surface area contributed by atoms with Gasteiger partial charge < -0.3 is 4.74 Å². The van der Waals surface area contributed by atoms with Gasteiger partial charge in [-0.05, 0) is 79.0 Å². The quantitative estimate of drug-likeness (QED) is 0.726. The lowest BCUT2D eigenvalue weighted by atomic mass is 9.54. The Morgan fingerprint density at radius 2 is 2.11 bits per heavy atom. The molecule has 5 atom stereocenters. The molecule has 0 aromatic heterocycles. The molecule has 3 aliphatic carbocycles. The SMILES string of the molecule is CCC(=O)CCC1CC(=O)[C@@]2(C)CC[C@@H]3c4ccc(OC)cc4CC[C@H]3[C@H]12. The number of methoxy groups -OCH3 is 1. The van der Waals surface area contributed by atoms with E-state index in [0.717, 1.165) is 37.9 Å². The van der Waals surface area contributed by atoms with Crippen LogP contribution in [0.15, 0.2) is 18.2 Å². The number of ketones is 2. The number of fused-ring (bicyclic) bond motifs is 5. The van der Waals surface area contributed by atoms with Crippen LogP contribution in [-0.2, 0) is 16.0 Å². The van der Waals surface area contributed by atoms with Gasteiger partial charge in [0.1, 0.15) is 17.3 Å². The fraction of sp³-hybridized carbons (Fsp3) is 0.667. The van der Waals surface area contributed by atoms with Gasteiger partial charge in [-0.3, -0.25) is 9.59 Å². The minimum Gasteiger partial charge on any atom is -0.497 e. The summed E-state index contributed by atoms with van der Waals surface area (Å²) in [5.74, 6) is 3.73. The number of aryl methyl sites for hydroxylation is 1. The first-order chi connectivity index (χ1) is 13.0. The number of Topliss-reactive ketones (excluding diaryl/α,β-unsaturated/α-hetero) is 2. The van der Waals surface area contributed by atoms with Crippen LogP contribution in [0.4, 0.5) is 0 Å². The molecule has 146 valence electrons. The molecule has 3 nitrogen and oxygen atoms in total. The number of benzene rings is 1. The molecule has 2 saturated carbocycles. The summed E-state index contributed by atoms with van der Waals surface area (Å²) in [5.41, 5.74) is 2.75. The summed E-state index contributed by atoms with van der Waals surface area (Å²) in [4.78, 5) is 24.9. The van der Waals surface area contributed by atoms with Crippen LogP contribution in [-0.4, -0.2) is 18.7 Å². The highest BCUT2D eigenvalue weighted by Gasteiger charge is 2.58. The summed E-state index contributed by atoms with van der Waals surface area (Å²) in [6, 6.07) is 6.56. The van der Waals surface area contributed by atoms with Crippen molar-refractivity contribution in [2.45, 2.75) is 71.1 Å². The van der Waals surface area contributed by atoms with E-state index < -0.39 is 0 Å². The minimum atomic E-state index is -0.162. The second-order valence-electron chi connectivity index (χ2n) is 9.17. The van der Waals surface area contributed by atoms with Crippen molar-refractivity contribution >= 4 is 11.6 Å². The lowest BCUT2D eigenvalue weighted by Crippen LogP contribution is -2.44. The maximum atomic E-state index is 13.0. The largest absolute Gasteiger partial charge is 0.497 e. The summed E-state index contributed by atoms with van der Waals surface area (Å²) < 4.78 is 5.42. The van der Waals surface area contributed by atoms with Gasteiger partial charge in [0.25, 0.3) is 0 Å². The van der Waals surface area contributed by atoms with Crippen LogP contribution in [0.1, 0.15) is 75.8 Å². The highest BCUT2D eigenvalue weighted by molar-refractivity contribution is 5.88. The number of hydrogen-bond donors (Lipinski definition) is 0. The zero-order valence-corrected chi connectivity index (χ0v) is 16.9.